The van der Waals surface area contributed by atoms with Crippen LogP contribution >= 0.6 is 0 Å². The van der Waals surface area contributed by atoms with Crippen molar-refractivity contribution in [3.63, 3.8) is 0 Å². The normalized spacial score (nSPS) is 11.5. The molecule has 5 heteroatoms. The summed E-state index contributed by atoms with van der Waals surface area (Å²) in [6.07, 6.45) is 0. The fourth-order valence-corrected chi connectivity index (χ4v) is 1.67. The van der Waals surface area contributed by atoms with E-state index in [1.54, 1.807) is 25.1 Å². The van der Waals surface area contributed by atoms with Crippen LogP contribution in [0.1, 0.15) is 6.92 Å². The molecule has 0 aliphatic rings. The summed E-state index contributed by atoms with van der Waals surface area (Å²) in [5.74, 6) is 0. The summed E-state index contributed by atoms with van der Waals surface area (Å²) in [5, 5.41) is 0. The summed E-state index contributed by atoms with van der Waals surface area (Å²) in [6, 6.07) is 8.06. The average molecular weight is 201 g/mol. The lowest BCUT2D eigenvalue weighted by Crippen LogP contribution is -2.23. The van der Waals surface area contributed by atoms with E-state index in [2.05, 4.69) is 4.84 Å². The van der Waals surface area contributed by atoms with Crippen molar-refractivity contribution in [1.29, 1.82) is 0 Å². The van der Waals surface area contributed by atoms with Gasteiger partial charge in [0.25, 0.3) is 10.0 Å². The monoisotopic (exact) mass is 201 g/mol. The van der Waals surface area contributed by atoms with Gasteiger partial charge >= 0.3 is 0 Å². The SMILES string of the molecule is CCONS(=O)(=O)c1ccccc1. The van der Waals surface area contributed by atoms with Gasteiger partial charge in [0.1, 0.15) is 0 Å². The third-order valence-electron chi connectivity index (χ3n) is 1.37. The smallest absolute Gasteiger partial charge is 0.262 e. The Balaban J connectivity index is 2.83. The Hall–Kier alpha value is -0.910. The number of hydrogen-bond donors (Lipinski definition) is 1. The number of nitrogens with one attached hydrogen (secondary N) is 1. The van der Waals surface area contributed by atoms with Gasteiger partial charge in [-0.15, -0.1) is 0 Å². The highest BCUT2D eigenvalue weighted by Gasteiger charge is 2.11. The molecule has 1 aromatic carbocycles. The van der Waals surface area contributed by atoms with Gasteiger partial charge in [-0.1, -0.05) is 23.1 Å². The van der Waals surface area contributed by atoms with Crippen LogP contribution in [0, 0.1) is 0 Å². The van der Waals surface area contributed by atoms with Crippen LogP contribution in [-0.4, -0.2) is 15.0 Å². The molecule has 0 spiro atoms. The van der Waals surface area contributed by atoms with Crippen LogP contribution in [0.3, 0.4) is 0 Å². The van der Waals surface area contributed by atoms with Gasteiger partial charge in [0, 0.05) is 0 Å². The van der Waals surface area contributed by atoms with Gasteiger partial charge in [0.2, 0.25) is 0 Å². The third-order valence-corrected chi connectivity index (χ3v) is 2.60. The van der Waals surface area contributed by atoms with E-state index in [0.29, 0.717) is 6.61 Å². The first-order valence-electron chi connectivity index (χ1n) is 3.85. The van der Waals surface area contributed by atoms with Gasteiger partial charge in [0.15, 0.2) is 0 Å². The predicted molar refractivity (Wildman–Crippen MR) is 48.4 cm³/mol. The molecule has 0 bridgehead atoms. The van der Waals surface area contributed by atoms with Gasteiger partial charge in [0.05, 0.1) is 11.5 Å². The van der Waals surface area contributed by atoms with Crippen molar-refractivity contribution in [2.45, 2.75) is 11.8 Å². The minimum Gasteiger partial charge on any atom is -0.287 e. The summed E-state index contributed by atoms with van der Waals surface area (Å²) < 4.78 is 22.7. The standard InChI is InChI=1S/C8H11NO3S/c1-2-12-9-13(10,11)8-6-4-3-5-7-8/h3-7,9H,2H2,1H3. The molecule has 13 heavy (non-hydrogen) atoms. The molecule has 0 saturated heterocycles. The number of benzene rings is 1. The molecule has 0 unspecified atom stereocenters. The van der Waals surface area contributed by atoms with Crippen LogP contribution in [-0.2, 0) is 14.9 Å². The number of rotatable bonds is 4. The van der Waals surface area contributed by atoms with Crippen LogP contribution in [0.4, 0.5) is 0 Å². The lowest BCUT2D eigenvalue weighted by Gasteiger charge is -2.04. The zero-order valence-electron chi connectivity index (χ0n) is 7.23. The molecule has 0 atom stereocenters. The maximum absolute atomic E-state index is 11.4. The molecular formula is C8H11NO3S. The molecule has 0 aliphatic carbocycles. The highest BCUT2D eigenvalue weighted by atomic mass is 32.2. The average Bonchev–Trinajstić information content (AvgIpc) is 2.16. The van der Waals surface area contributed by atoms with E-state index in [9.17, 15) is 8.42 Å². The summed E-state index contributed by atoms with van der Waals surface area (Å²) in [7, 11) is -3.49. The van der Waals surface area contributed by atoms with E-state index in [1.807, 2.05) is 4.89 Å². The Bertz CT molecular complexity index is 347. The number of hydrogen-bond acceptors (Lipinski definition) is 3. The Labute approximate surface area is 77.5 Å². The summed E-state index contributed by atoms with van der Waals surface area (Å²) >= 11 is 0. The molecule has 1 aromatic rings. The van der Waals surface area contributed by atoms with Gasteiger partial charge in [-0.3, -0.25) is 4.84 Å². The summed E-state index contributed by atoms with van der Waals surface area (Å²) in [6.45, 7) is 2.00. The molecule has 0 heterocycles. The Morgan fingerprint density at radius 2 is 1.92 bits per heavy atom. The molecule has 0 aliphatic heterocycles. The molecule has 4 nitrogen and oxygen atoms in total. The van der Waals surface area contributed by atoms with Gasteiger partial charge in [-0.25, -0.2) is 8.42 Å². The quantitative estimate of drug-likeness (QED) is 0.737. The van der Waals surface area contributed by atoms with Crippen LogP contribution in [0.25, 0.3) is 0 Å². The highest BCUT2D eigenvalue weighted by Crippen LogP contribution is 2.06. The fraction of sp³-hybridized carbons (Fsp3) is 0.250. The molecule has 0 radical (unpaired) electrons. The Kier molecular flexibility index (Phi) is 3.41. The minimum atomic E-state index is -3.49. The minimum absolute atomic E-state index is 0.198. The first kappa shape index (κ1) is 10.2. The Morgan fingerprint density at radius 3 is 2.46 bits per heavy atom. The van der Waals surface area contributed by atoms with E-state index in [4.69, 9.17) is 0 Å². The van der Waals surface area contributed by atoms with Crippen LogP contribution in [0.2, 0.25) is 0 Å². The first-order valence-corrected chi connectivity index (χ1v) is 5.34. The van der Waals surface area contributed by atoms with E-state index >= 15 is 0 Å². The zero-order chi connectivity index (χ0) is 9.73. The first-order chi connectivity index (χ1) is 6.17. The molecular weight excluding hydrogens is 190 g/mol. The van der Waals surface area contributed by atoms with Gasteiger partial charge in [-0.2, -0.15) is 0 Å². The predicted octanol–water partition coefficient (Wildman–Crippen LogP) is 0.916. The van der Waals surface area contributed by atoms with Crippen molar-refractivity contribution in [2.75, 3.05) is 6.61 Å². The topological polar surface area (TPSA) is 55.4 Å². The second-order valence-electron chi connectivity index (χ2n) is 2.33. The molecule has 0 amide bonds. The second kappa shape index (κ2) is 4.36. The molecule has 1 N–H and O–H groups in total. The van der Waals surface area contributed by atoms with Crippen molar-refractivity contribution in [3.8, 4) is 0 Å². The van der Waals surface area contributed by atoms with E-state index < -0.39 is 10.0 Å². The van der Waals surface area contributed by atoms with Crippen molar-refractivity contribution >= 4 is 10.0 Å². The summed E-state index contributed by atoms with van der Waals surface area (Å²) in [5.41, 5.74) is 0. The van der Waals surface area contributed by atoms with Crippen LogP contribution in [0.15, 0.2) is 35.2 Å². The highest BCUT2D eigenvalue weighted by molar-refractivity contribution is 7.89. The van der Waals surface area contributed by atoms with Crippen molar-refractivity contribution in [1.82, 2.24) is 4.89 Å². The van der Waals surface area contributed by atoms with E-state index in [-0.39, 0.29) is 4.90 Å². The van der Waals surface area contributed by atoms with Crippen LogP contribution in [0.5, 0.6) is 0 Å². The molecule has 0 aromatic heterocycles. The van der Waals surface area contributed by atoms with E-state index in [1.165, 1.54) is 12.1 Å². The number of sulfonamides is 1. The van der Waals surface area contributed by atoms with Crippen molar-refractivity contribution in [3.05, 3.63) is 30.3 Å². The fourth-order valence-electron chi connectivity index (χ4n) is 0.784. The third kappa shape index (κ3) is 2.80. The lowest BCUT2D eigenvalue weighted by molar-refractivity contribution is 0.105. The lowest BCUT2D eigenvalue weighted by atomic mass is 10.4. The largest absolute Gasteiger partial charge is 0.287 e. The van der Waals surface area contributed by atoms with Crippen LogP contribution < -0.4 is 4.89 Å². The van der Waals surface area contributed by atoms with Crippen molar-refractivity contribution < 1.29 is 13.3 Å². The molecule has 0 saturated carbocycles. The molecule has 1 rings (SSSR count). The van der Waals surface area contributed by atoms with Gasteiger partial charge < -0.3 is 0 Å². The van der Waals surface area contributed by atoms with Crippen molar-refractivity contribution in [2.24, 2.45) is 0 Å². The maximum atomic E-state index is 11.4. The summed E-state index contributed by atoms with van der Waals surface area (Å²) in [4.78, 5) is 6.81. The Morgan fingerprint density at radius 1 is 1.31 bits per heavy atom. The maximum Gasteiger partial charge on any atom is 0.262 e. The van der Waals surface area contributed by atoms with E-state index in [0.717, 1.165) is 0 Å². The second-order valence-corrected chi connectivity index (χ2v) is 3.98. The zero-order valence-corrected chi connectivity index (χ0v) is 8.04. The van der Waals surface area contributed by atoms with Gasteiger partial charge in [-0.05, 0) is 19.1 Å². The molecule has 0 fully saturated rings. The molecule has 72 valence electrons.